The van der Waals surface area contributed by atoms with Crippen LogP contribution in [0.4, 0.5) is 0 Å². The number of rotatable bonds is 3. The van der Waals surface area contributed by atoms with Gasteiger partial charge in [-0.2, -0.15) is 0 Å². The van der Waals surface area contributed by atoms with Crippen molar-refractivity contribution in [1.82, 2.24) is 0 Å². The van der Waals surface area contributed by atoms with Crippen LogP contribution in [0.1, 0.15) is 61.8 Å². The van der Waals surface area contributed by atoms with Gasteiger partial charge in [0.05, 0.1) is 12.2 Å². The Labute approximate surface area is 139 Å². The lowest BCUT2D eigenvalue weighted by molar-refractivity contribution is -0.116. The summed E-state index contributed by atoms with van der Waals surface area (Å²) in [5.41, 5.74) is 0.878. The van der Waals surface area contributed by atoms with E-state index < -0.39 is 6.10 Å². The van der Waals surface area contributed by atoms with E-state index in [2.05, 4.69) is 11.6 Å². The summed E-state index contributed by atoms with van der Waals surface area (Å²) in [6, 6.07) is 0. The molecule has 0 unspecified atom stereocenters. The first-order valence-corrected chi connectivity index (χ1v) is 8.68. The second-order valence-corrected chi connectivity index (χ2v) is 4.36. The maximum absolute atomic E-state index is 10.1. The predicted molar refractivity (Wildman–Crippen MR) is 101 cm³/mol. The fourth-order valence-corrected chi connectivity index (χ4v) is 2.12. The number of allylic oxidation sites excluding steroid dienone is 2. The van der Waals surface area contributed by atoms with Crippen LogP contribution in [0.15, 0.2) is 29.3 Å². The number of hydrogen-bond donors (Lipinski definition) is 1. The molecule has 0 aromatic carbocycles. The Hall–Kier alpha value is -0.930. The first kappa shape index (κ1) is 26.0. The third-order valence-electron chi connectivity index (χ3n) is 2.89. The normalized spacial score (nSPS) is 27.5. The SMILES string of the molecule is C=C/C=C(\C=NC)[C@@H]1O[C@H](C)C[C@H](C)[C@H]1O.CC.CC.CC. The number of aliphatic imine (C=N–C) groups is 1. The summed E-state index contributed by atoms with van der Waals surface area (Å²) in [5, 5.41) is 10.1. The van der Waals surface area contributed by atoms with Gasteiger partial charge < -0.3 is 9.84 Å². The Morgan fingerprint density at radius 1 is 1.14 bits per heavy atom. The molecule has 0 aromatic rings. The average Bonchev–Trinajstić information content (AvgIpc) is 2.56. The van der Waals surface area contributed by atoms with E-state index in [1.165, 1.54) is 0 Å². The van der Waals surface area contributed by atoms with Gasteiger partial charge >= 0.3 is 0 Å². The molecular weight excluding hydrogens is 274 g/mol. The van der Waals surface area contributed by atoms with Crippen molar-refractivity contribution in [2.75, 3.05) is 7.05 Å². The van der Waals surface area contributed by atoms with Gasteiger partial charge in [0.1, 0.15) is 6.10 Å². The zero-order valence-electron chi connectivity index (χ0n) is 16.3. The topological polar surface area (TPSA) is 41.8 Å². The van der Waals surface area contributed by atoms with Gasteiger partial charge in [0, 0.05) is 18.8 Å². The van der Waals surface area contributed by atoms with Crippen molar-refractivity contribution in [2.45, 2.75) is 80.1 Å². The van der Waals surface area contributed by atoms with Gasteiger partial charge in [-0.15, -0.1) is 0 Å². The maximum Gasteiger partial charge on any atom is 0.110 e. The number of hydrogen-bond acceptors (Lipinski definition) is 3. The maximum atomic E-state index is 10.1. The molecule has 1 heterocycles. The van der Waals surface area contributed by atoms with Crippen LogP contribution < -0.4 is 0 Å². The first-order valence-electron chi connectivity index (χ1n) is 8.68. The zero-order valence-corrected chi connectivity index (χ0v) is 16.3. The van der Waals surface area contributed by atoms with E-state index in [1.807, 2.05) is 61.5 Å². The molecule has 4 atom stereocenters. The molecule has 0 saturated carbocycles. The number of nitrogens with zero attached hydrogens (tertiary/aromatic N) is 1. The highest BCUT2D eigenvalue weighted by Crippen LogP contribution is 2.28. The van der Waals surface area contributed by atoms with Crippen LogP contribution in [0.5, 0.6) is 0 Å². The summed E-state index contributed by atoms with van der Waals surface area (Å²) < 4.78 is 5.78. The fourth-order valence-electron chi connectivity index (χ4n) is 2.12. The van der Waals surface area contributed by atoms with Crippen molar-refractivity contribution in [2.24, 2.45) is 10.9 Å². The molecule has 1 saturated heterocycles. The van der Waals surface area contributed by atoms with Crippen LogP contribution in [-0.2, 0) is 4.74 Å². The van der Waals surface area contributed by atoms with E-state index in [0.717, 1.165) is 12.0 Å². The van der Waals surface area contributed by atoms with E-state index in [1.54, 1.807) is 19.3 Å². The Bertz CT molecular complexity index is 298. The van der Waals surface area contributed by atoms with Crippen LogP contribution in [0, 0.1) is 5.92 Å². The second-order valence-electron chi connectivity index (χ2n) is 4.36. The molecule has 3 heteroatoms. The molecule has 0 radical (unpaired) electrons. The van der Waals surface area contributed by atoms with E-state index >= 15 is 0 Å². The van der Waals surface area contributed by atoms with Crippen molar-refractivity contribution >= 4 is 6.21 Å². The summed E-state index contributed by atoms with van der Waals surface area (Å²) >= 11 is 0. The third-order valence-corrected chi connectivity index (χ3v) is 2.89. The van der Waals surface area contributed by atoms with Crippen molar-refractivity contribution < 1.29 is 9.84 Å². The summed E-state index contributed by atoms with van der Waals surface area (Å²) in [4.78, 5) is 3.98. The Balaban J connectivity index is -0.000000535. The minimum Gasteiger partial charge on any atom is -0.390 e. The number of aliphatic hydroxyl groups is 1. The van der Waals surface area contributed by atoms with Crippen molar-refractivity contribution in [1.29, 1.82) is 0 Å². The van der Waals surface area contributed by atoms with Crippen LogP contribution >= 0.6 is 0 Å². The highest BCUT2D eigenvalue weighted by Gasteiger charge is 2.34. The molecule has 1 aliphatic heterocycles. The molecule has 1 N–H and O–H groups in total. The average molecular weight is 314 g/mol. The molecule has 0 aliphatic carbocycles. The first-order chi connectivity index (χ1) is 10.6. The number of ether oxygens (including phenoxy) is 1. The van der Waals surface area contributed by atoms with Crippen LogP contribution in [0.2, 0.25) is 0 Å². The molecule has 132 valence electrons. The molecule has 1 aliphatic rings. The number of aliphatic hydroxyl groups excluding tert-OH is 1. The van der Waals surface area contributed by atoms with Gasteiger partial charge in [-0.25, -0.2) is 0 Å². The molecule has 3 nitrogen and oxygen atoms in total. The zero-order chi connectivity index (χ0) is 18.1. The summed E-state index contributed by atoms with van der Waals surface area (Å²) in [6.07, 6.45) is 5.55. The Morgan fingerprint density at radius 2 is 1.64 bits per heavy atom. The predicted octanol–water partition coefficient (Wildman–Crippen LogP) is 5.05. The van der Waals surface area contributed by atoms with Gasteiger partial charge in [-0.05, 0) is 19.3 Å². The van der Waals surface area contributed by atoms with Gasteiger partial charge in [-0.1, -0.05) is 67.2 Å². The minimum absolute atomic E-state index is 0.168. The van der Waals surface area contributed by atoms with Crippen molar-refractivity contribution in [3.63, 3.8) is 0 Å². The van der Waals surface area contributed by atoms with E-state index in [0.29, 0.717) is 0 Å². The van der Waals surface area contributed by atoms with Crippen molar-refractivity contribution in [3.05, 3.63) is 24.3 Å². The molecule has 0 spiro atoms. The van der Waals surface area contributed by atoms with Gasteiger partial charge in [0.25, 0.3) is 0 Å². The van der Waals surface area contributed by atoms with E-state index in [-0.39, 0.29) is 18.1 Å². The second kappa shape index (κ2) is 18.1. The van der Waals surface area contributed by atoms with E-state index in [4.69, 9.17) is 4.74 Å². The highest BCUT2D eigenvalue weighted by atomic mass is 16.5. The monoisotopic (exact) mass is 313 g/mol. The lowest BCUT2D eigenvalue weighted by atomic mass is 9.87. The third kappa shape index (κ3) is 9.91. The Kier molecular flexibility index (Phi) is 21.4. The molecular formula is C19H39NO2. The quantitative estimate of drug-likeness (QED) is 0.585. The van der Waals surface area contributed by atoms with Crippen molar-refractivity contribution in [3.8, 4) is 0 Å². The standard InChI is InChI=1S/C13H21NO2.3C2H6/c1-5-6-11(8-14-4)13-12(15)9(2)7-10(3)16-13;3*1-2/h5-6,8-10,12-13,15H,1,7H2,2-4H3;3*1-2H3/b11-6+,14-8?;;;/t9-,10+,12+,13-;;;/m0.../s1. The molecule has 1 fully saturated rings. The largest absolute Gasteiger partial charge is 0.390 e. The Morgan fingerprint density at radius 3 is 2.05 bits per heavy atom. The molecule has 0 amide bonds. The lowest BCUT2D eigenvalue weighted by Gasteiger charge is -2.37. The van der Waals surface area contributed by atoms with Gasteiger partial charge in [0.15, 0.2) is 0 Å². The van der Waals surface area contributed by atoms with Crippen LogP contribution in [0.3, 0.4) is 0 Å². The van der Waals surface area contributed by atoms with E-state index in [9.17, 15) is 5.11 Å². The molecule has 0 aromatic heterocycles. The molecule has 0 bridgehead atoms. The molecule has 22 heavy (non-hydrogen) atoms. The summed E-state index contributed by atoms with van der Waals surface area (Å²) in [7, 11) is 1.71. The van der Waals surface area contributed by atoms with Crippen LogP contribution in [0.25, 0.3) is 0 Å². The van der Waals surface area contributed by atoms with Gasteiger partial charge in [0.2, 0.25) is 0 Å². The minimum atomic E-state index is -0.472. The lowest BCUT2D eigenvalue weighted by Crippen LogP contribution is -2.44. The van der Waals surface area contributed by atoms with Gasteiger partial charge in [-0.3, -0.25) is 4.99 Å². The highest BCUT2D eigenvalue weighted by molar-refractivity contribution is 5.80. The fraction of sp³-hybridized carbons (Fsp3) is 0.737. The van der Waals surface area contributed by atoms with Crippen LogP contribution in [-0.4, -0.2) is 36.7 Å². The summed E-state index contributed by atoms with van der Waals surface area (Å²) in [5.74, 6) is 0.243. The smallest absolute Gasteiger partial charge is 0.110 e. The molecule has 1 rings (SSSR count). The summed E-state index contributed by atoms with van der Waals surface area (Å²) in [6.45, 7) is 19.7.